The van der Waals surface area contributed by atoms with E-state index in [1.54, 1.807) is 0 Å². The van der Waals surface area contributed by atoms with Crippen molar-refractivity contribution in [2.24, 2.45) is 0 Å². The molecule has 1 unspecified atom stereocenters. The van der Waals surface area contributed by atoms with Crippen LogP contribution in [0.2, 0.25) is 0 Å². The first-order valence-corrected chi connectivity index (χ1v) is 7.94. The van der Waals surface area contributed by atoms with Crippen LogP contribution in [0, 0.1) is 0 Å². The molecule has 1 amide bonds. The third-order valence-corrected chi connectivity index (χ3v) is 3.39. The molecule has 0 bridgehead atoms. The molecule has 0 radical (unpaired) electrons. The van der Waals surface area contributed by atoms with E-state index in [4.69, 9.17) is 9.47 Å². The second-order valence-corrected chi connectivity index (χ2v) is 5.12. The van der Waals surface area contributed by atoms with Crippen LogP contribution < -0.4 is 14.8 Å². The van der Waals surface area contributed by atoms with Gasteiger partial charge in [-0.15, -0.1) is 0 Å². The highest BCUT2D eigenvalue weighted by Gasteiger charge is 2.17. The zero-order chi connectivity index (χ0) is 16.5. The molecule has 0 aliphatic carbocycles. The number of rotatable bonds is 8. The van der Waals surface area contributed by atoms with Crippen LogP contribution in [0.5, 0.6) is 11.5 Å². The first kappa shape index (κ1) is 16.9. The summed E-state index contributed by atoms with van der Waals surface area (Å²) in [4.78, 5) is 12.3. The van der Waals surface area contributed by atoms with Crippen LogP contribution in [-0.2, 0) is 11.3 Å². The second kappa shape index (κ2) is 8.83. The highest BCUT2D eigenvalue weighted by Crippen LogP contribution is 2.14. The Bertz CT molecular complexity index is 596. The van der Waals surface area contributed by atoms with Crippen LogP contribution in [0.1, 0.15) is 25.8 Å². The first-order chi connectivity index (χ1) is 11.2. The molecule has 0 aliphatic rings. The lowest BCUT2D eigenvalue weighted by molar-refractivity contribution is -0.128. The van der Waals surface area contributed by atoms with Crippen molar-refractivity contribution >= 4 is 5.91 Å². The zero-order valence-corrected chi connectivity index (χ0v) is 13.6. The van der Waals surface area contributed by atoms with E-state index in [0.29, 0.717) is 25.3 Å². The third-order valence-electron chi connectivity index (χ3n) is 3.39. The average molecular weight is 313 g/mol. The van der Waals surface area contributed by atoms with Gasteiger partial charge in [-0.25, -0.2) is 0 Å². The molecule has 4 nitrogen and oxygen atoms in total. The molecule has 0 heterocycles. The zero-order valence-electron chi connectivity index (χ0n) is 13.6. The monoisotopic (exact) mass is 313 g/mol. The number of benzene rings is 2. The van der Waals surface area contributed by atoms with Gasteiger partial charge in [-0.3, -0.25) is 4.79 Å². The van der Waals surface area contributed by atoms with Gasteiger partial charge >= 0.3 is 0 Å². The normalized spacial score (nSPS) is 11.6. The molecular formula is C19H23NO3. The molecule has 4 heteroatoms. The standard InChI is InChI=1S/C19H23NO3/c1-3-18(23-17-8-6-5-7-9-17)19(21)20-14-15-10-12-16(13-11-15)22-4-2/h5-13,18H,3-4,14H2,1-2H3,(H,20,21). The van der Waals surface area contributed by atoms with E-state index >= 15 is 0 Å². The predicted octanol–water partition coefficient (Wildman–Crippen LogP) is 3.56. The van der Waals surface area contributed by atoms with Gasteiger partial charge in [0.2, 0.25) is 0 Å². The van der Waals surface area contributed by atoms with Gasteiger partial charge < -0.3 is 14.8 Å². The number of hydrogen-bond acceptors (Lipinski definition) is 3. The summed E-state index contributed by atoms with van der Waals surface area (Å²) in [5.74, 6) is 1.43. The van der Waals surface area contributed by atoms with Gasteiger partial charge in [0.1, 0.15) is 11.5 Å². The topological polar surface area (TPSA) is 47.6 Å². The number of para-hydroxylation sites is 1. The third kappa shape index (κ3) is 5.33. The van der Waals surface area contributed by atoms with Gasteiger partial charge in [0.05, 0.1) is 6.61 Å². The number of nitrogens with one attached hydrogen (secondary N) is 1. The van der Waals surface area contributed by atoms with Crippen LogP contribution in [-0.4, -0.2) is 18.6 Å². The van der Waals surface area contributed by atoms with Crippen molar-refractivity contribution in [2.75, 3.05) is 6.61 Å². The Balaban J connectivity index is 1.87. The highest BCUT2D eigenvalue weighted by molar-refractivity contribution is 5.81. The van der Waals surface area contributed by atoms with Crippen LogP contribution >= 0.6 is 0 Å². The van der Waals surface area contributed by atoms with Gasteiger partial charge in [-0.1, -0.05) is 37.3 Å². The quantitative estimate of drug-likeness (QED) is 0.810. The van der Waals surface area contributed by atoms with Gasteiger partial charge in [-0.2, -0.15) is 0 Å². The fourth-order valence-electron chi connectivity index (χ4n) is 2.16. The minimum Gasteiger partial charge on any atom is -0.494 e. The van der Waals surface area contributed by atoms with E-state index in [1.807, 2.05) is 68.4 Å². The van der Waals surface area contributed by atoms with Gasteiger partial charge in [0.25, 0.3) is 5.91 Å². The molecule has 0 aliphatic heterocycles. The van der Waals surface area contributed by atoms with E-state index < -0.39 is 6.10 Å². The molecule has 0 aromatic heterocycles. The molecular weight excluding hydrogens is 290 g/mol. The minimum absolute atomic E-state index is 0.106. The van der Waals surface area contributed by atoms with Crippen molar-refractivity contribution in [3.8, 4) is 11.5 Å². The fourth-order valence-corrected chi connectivity index (χ4v) is 2.16. The molecule has 2 aromatic carbocycles. The number of carbonyl (C=O) groups is 1. The predicted molar refractivity (Wildman–Crippen MR) is 90.6 cm³/mol. The highest BCUT2D eigenvalue weighted by atomic mass is 16.5. The maximum Gasteiger partial charge on any atom is 0.261 e. The second-order valence-electron chi connectivity index (χ2n) is 5.12. The lowest BCUT2D eigenvalue weighted by Gasteiger charge is -2.17. The van der Waals surface area contributed by atoms with Crippen molar-refractivity contribution in [3.63, 3.8) is 0 Å². The molecule has 0 spiro atoms. The Morgan fingerprint density at radius 1 is 1.00 bits per heavy atom. The summed E-state index contributed by atoms with van der Waals surface area (Å²) >= 11 is 0. The van der Waals surface area contributed by atoms with E-state index in [-0.39, 0.29) is 5.91 Å². The summed E-state index contributed by atoms with van der Waals surface area (Å²) in [5, 5.41) is 2.92. The summed E-state index contributed by atoms with van der Waals surface area (Å²) in [5.41, 5.74) is 1.02. The van der Waals surface area contributed by atoms with Crippen LogP contribution in [0.3, 0.4) is 0 Å². The number of carbonyl (C=O) groups excluding carboxylic acids is 1. The van der Waals surface area contributed by atoms with Crippen molar-refractivity contribution in [1.29, 1.82) is 0 Å². The molecule has 1 atom stereocenters. The minimum atomic E-state index is -0.486. The van der Waals surface area contributed by atoms with Crippen molar-refractivity contribution in [1.82, 2.24) is 5.32 Å². The molecule has 0 fully saturated rings. The first-order valence-electron chi connectivity index (χ1n) is 7.94. The van der Waals surface area contributed by atoms with E-state index in [2.05, 4.69) is 5.32 Å². The molecule has 0 saturated heterocycles. The van der Waals surface area contributed by atoms with Crippen LogP contribution in [0.15, 0.2) is 54.6 Å². The van der Waals surface area contributed by atoms with Crippen molar-refractivity contribution in [2.45, 2.75) is 32.9 Å². The summed E-state index contributed by atoms with van der Waals surface area (Å²) in [6, 6.07) is 17.1. The molecule has 23 heavy (non-hydrogen) atoms. The lowest BCUT2D eigenvalue weighted by Crippen LogP contribution is -2.37. The van der Waals surface area contributed by atoms with Crippen LogP contribution in [0.4, 0.5) is 0 Å². The Hall–Kier alpha value is -2.49. The number of amides is 1. The van der Waals surface area contributed by atoms with E-state index in [9.17, 15) is 4.79 Å². The van der Waals surface area contributed by atoms with Gasteiger partial charge in [-0.05, 0) is 43.2 Å². The summed E-state index contributed by atoms with van der Waals surface area (Å²) in [6.45, 7) is 5.00. The molecule has 2 rings (SSSR count). The summed E-state index contributed by atoms with van der Waals surface area (Å²) < 4.78 is 11.1. The SMILES string of the molecule is CCOc1ccc(CNC(=O)C(CC)Oc2ccccc2)cc1. The molecule has 0 saturated carbocycles. The largest absolute Gasteiger partial charge is 0.494 e. The van der Waals surface area contributed by atoms with Crippen LogP contribution in [0.25, 0.3) is 0 Å². The Morgan fingerprint density at radius 2 is 1.70 bits per heavy atom. The smallest absolute Gasteiger partial charge is 0.261 e. The van der Waals surface area contributed by atoms with E-state index in [0.717, 1.165) is 11.3 Å². The summed E-state index contributed by atoms with van der Waals surface area (Å²) in [6.07, 6.45) is 0.129. The van der Waals surface area contributed by atoms with Crippen molar-refractivity contribution < 1.29 is 14.3 Å². The summed E-state index contributed by atoms with van der Waals surface area (Å²) in [7, 11) is 0. The number of ether oxygens (including phenoxy) is 2. The Morgan fingerprint density at radius 3 is 2.30 bits per heavy atom. The lowest BCUT2D eigenvalue weighted by atomic mass is 10.2. The molecule has 2 aromatic rings. The van der Waals surface area contributed by atoms with E-state index in [1.165, 1.54) is 0 Å². The maximum atomic E-state index is 12.3. The average Bonchev–Trinajstić information content (AvgIpc) is 2.60. The number of hydrogen-bond donors (Lipinski definition) is 1. The van der Waals surface area contributed by atoms with Gasteiger partial charge in [0, 0.05) is 6.54 Å². The Labute approximate surface area is 137 Å². The van der Waals surface area contributed by atoms with Crippen molar-refractivity contribution in [3.05, 3.63) is 60.2 Å². The maximum absolute atomic E-state index is 12.3. The Kier molecular flexibility index (Phi) is 6.48. The van der Waals surface area contributed by atoms with Gasteiger partial charge in [0.15, 0.2) is 6.10 Å². The fraction of sp³-hybridized carbons (Fsp3) is 0.316. The molecule has 1 N–H and O–H groups in total. The molecule has 122 valence electrons.